The summed E-state index contributed by atoms with van der Waals surface area (Å²) in [6.07, 6.45) is 3.94. The molecule has 3 heteroatoms. The number of guanidine groups is 1. The van der Waals surface area contributed by atoms with E-state index in [0.29, 0.717) is 11.5 Å². The summed E-state index contributed by atoms with van der Waals surface area (Å²) in [6, 6.07) is 0.628. The van der Waals surface area contributed by atoms with Crippen LogP contribution in [0.15, 0.2) is 4.99 Å². The molecule has 0 spiro atoms. The molecule has 1 N–H and O–H groups in total. The molecule has 16 heavy (non-hydrogen) atoms. The van der Waals surface area contributed by atoms with E-state index in [4.69, 9.17) is 0 Å². The molecule has 0 aromatic rings. The molecule has 1 aliphatic heterocycles. The van der Waals surface area contributed by atoms with Gasteiger partial charge in [-0.15, -0.1) is 0 Å². The molecule has 2 atom stereocenters. The lowest BCUT2D eigenvalue weighted by atomic mass is 10.0. The number of nitrogens with zero attached hydrogens (tertiary/aromatic N) is 2. The second kappa shape index (κ2) is 4.27. The van der Waals surface area contributed by atoms with Gasteiger partial charge in [-0.25, -0.2) is 0 Å². The molecule has 2 rings (SSSR count). The molecule has 1 saturated carbocycles. The fraction of sp³-hybridized carbons (Fsp3) is 0.923. The summed E-state index contributed by atoms with van der Waals surface area (Å²) in [6.45, 7) is 9.29. The van der Waals surface area contributed by atoms with Gasteiger partial charge in [-0.2, -0.15) is 0 Å². The Morgan fingerprint density at radius 1 is 1.44 bits per heavy atom. The van der Waals surface area contributed by atoms with E-state index >= 15 is 0 Å². The van der Waals surface area contributed by atoms with Crippen LogP contribution in [-0.4, -0.2) is 37.0 Å². The maximum absolute atomic E-state index is 4.42. The highest BCUT2D eigenvalue weighted by Crippen LogP contribution is 2.44. The standard InChI is InChI=1S/C13H25N3/c1-10-6-5-7-16(9-10)12(14-4)15-11-8-13(11,2)3/h10-11H,5-9H2,1-4H3,(H,14,15). The number of likely N-dealkylation sites (tertiary alicyclic amines) is 1. The van der Waals surface area contributed by atoms with Crippen molar-refractivity contribution in [2.45, 2.75) is 46.1 Å². The lowest BCUT2D eigenvalue weighted by Gasteiger charge is -2.33. The largest absolute Gasteiger partial charge is 0.353 e. The predicted molar refractivity (Wildman–Crippen MR) is 68.7 cm³/mol. The van der Waals surface area contributed by atoms with Crippen molar-refractivity contribution in [3.05, 3.63) is 0 Å². The van der Waals surface area contributed by atoms with Gasteiger partial charge in [-0.1, -0.05) is 20.8 Å². The van der Waals surface area contributed by atoms with Crippen LogP contribution in [0.4, 0.5) is 0 Å². The Hall–Kier alpha value is -0.730. The van der Waals surface area contributed by atoms with Gasteiger partial charge in [0, 0.05) is 26.2 Å². The van der Waals surface area contributed by atoms with E-state index < -0.39 is 0 Å². The second-order valence-electron chi connectivity index (χ2n) is 6.13. The number of nitrogens with one attached hydrogen (secondary N) is 1. The van der Waals surface area contributed by atoms with E-state index in [1.807, 2.05) is 7.05 Å². The van der Waals surface area contributed by atoms with E-state index in [0.717, 1.165) is 25.0 Å². The minimum absolute atomic E-state index is 0.470. The van der Waals surface area contributed by atoms with Crippen LogP contribution in [-0.2, 0) is 0 Å². The SMILES string of the molecule is CN=C(NC1CC1(C)C)N1CCCC(C)C1. The molecule has 2 unspecified atom stereocenters. The van der Waals surface area contributed by atoms with Gasteiger partial charge < -0.3 is 10.2 Å². The zero-order valence-corrected chi connectivity index (χ0v) is 11.1. The average molecular weight is 223 g/mol. The van der Waals surface area contributed by atoms with E-state index in [-0.39, 0.29) is 0 Å². The van der Waals surface area contributed by atoms with Gasteiger partial charge in [0.1, 0.15) is 0 Å². The van der Waals surface area contributed by atoms with Gasteiger partial charge in [-0.3, -0.25) is 4.99 Å². The van der Waals surface area contributed by atoms with Gasteiger partial charge >= 0.3 is 0 Å². The molecule has 2 fully saturated rings. The molecule has 0 amide bonds. The molecule has 2 aliphatic rings. The molecular formula is C13H25N3. The molecule has 92 valence electrons. The summed E-state index contributed by atoms with van der Waals surface area (Å²) in [7, 11) is 1.90. The van der Waals surface area contributed by atoms with Crippen LogP contribution in [0, 0.1) is 11.3 Å². The zero-order valence-electron chi connectivity index (χ0n) is 11.1. The molecule has 1 aliphatic carbocycles. The third-order valence-corrected chi connectivity index (χ3v) is 3.99. The molecule has 1 saturated heterocycles. The molecule has 0 aromatic heterocycles. The second-order valence-corrected chi connectivity index (χ2v) is 6.13. The van der Waals surface area contributed by atoms with E-state index in [2.05, 4.69) is 36.0 Å². The van der Waals surface area contributed by atoms with Crippen molar-refractivity contribution < 1.29 is 0 Å². The molecule has 0 radical (unpaired) electrons. The summed E-state index contributed by atoms with van der Waals surface area (Å²) >= 11 is 0. The van der Waals surface area contributed by atoms with Crippen molar-refractivity contribution >= 4 is 5.96 Å². The summed E-state index contributed by atoms with van der Waals surface area (Å²) in [5, 5.41) is 3.60. The maximum atomic E-state index is 4.42. The summed E-state index contributed by atoms with van der Waals surface area (Å²) in [5.41, 5.74) is 0.470. The predicted octanol–water partition coefficient (Wildman–Crippen LogP) is 2.09. The third-order valence-electron chi connectivity index (χ3n) is 3.99. The van der Waals surface area contributed by atoms with Crippen molar-refractivity contribution in [2.24, 2.45) is 16.3 Å². The molecular weight excluding hydrogens is 198 g/mol. The first kappa shape index (κ1) is 11.7. The highest BCUT2D eigenvalue weighted by atomic mass is 15.3. The first-order valence-corrected chi connectivity index (χ1v) is 6.51. The third kappa shape index (κ3) is 2.50. The van der Waals surface area contributed by atoms with E-state index in [1.165, 1.54) is 19.3 Å². The zero-order chi connectivity index (χ0) is 11.8. The number of piperidine rings is 1. The lowest BCUT2D eigenvalue weighted by Crippen LogP contribution is -2.47. The average Bonchev–Trinajstić information content (AvgIpc) is 2.82. The summed E-state index contributed by atoms with van der Waals surface area (Å²) < 4.78 is 0. The van der Waals surface area contributed by atoms with Crippen molar-refractivity contribution in [3.8, 4) is 0 Å². The van der Waals surface area contributed by atoms with Gasteiger partial charge in [-0.05, 0) is 30.6 Å². The number of rotatable bonds is 1. The number of hydrogen-bond acceptors (Lipinski definition) is 1. The molecule has 1 heterocycles. The Kier molecular flexibility index (Phi) is 3.13. The Morgan fingerprint density at radius 2 is 2.12 bits per heavy atom. The van der Waals surface area contributed by atoms with Crippen LogP contribution >= 0.6 is 0 Å². The Balaban J connectivity index is 1.90. The normalized spacial score (nSPS) is 33.8. The van der Waals surface area contributed by atoms with Gasteiger partial charge in [0.05, 0.1) is 0 Å². The molecule has 0 aromatic carbocycles. The van der Waals surface area contributed by atoms with E-state index in [9.17, 15) is 0 Å². The number of aliphatic imine (C=N–C) groups is 1. The van der Waals surface area contributed by atoms with Crippen LogP contribution in [0.25, 0.3) is 0 Å². The Bertz CT molecular complexity index is 283. The van der Waals surface area contributed by atoms with Crippen molar-refractivity contribution in [3.63, 3.8) is 0 Å². The van der Waals surface area contributed by atoms with Crippen molar-refractivity contribution in [2.75, 3.05) is 20.1 Å². The van der Waals surface area contributed by atoms with Gasteiger partial charge in [0.25, 0.3) is 0 Å². The van der Waals surface area contributed by atoms with Gasteiger partial charge in [0.15, 0.2) is 5.96 Å². The van der Waals surface area contributed by atoms with Crippen LogP contribution in [0.3, 0.4) is 0 Å². The van der Waals surface area contributed by atoms with E-state index in [1.54, 1.807) is 0 Å². The topological polar surface area (TPSA) is 27.6 Å². The van der Waals surface area contributed by atoms with Crippen molar-refractivity contribution in [1.82, 2.24) is 10.2 Å². The first-order chi connectivity index (χ1) is 7.53. The quantitative estimate of drug-likeness (QED) is 0.544. The summed E-state index contributed by atoms with van der Waals surface area (Å²) in [4.78, 5) is 6.84. The fourth-order valence-electron chi connectivity index (χ4n) is 2.55. The molecule has 3 nitrogen and oxygen atoms in total. The summed E-state index contributed by atoms with van der Waals surface area (Å²) in [5.74, 6) is 1.92. The van der Waals surface area contributed by atoms with Gasteiger partial charge in [0.2, 0.25) is 0 Å². The monoisotopic (exact) mass is 223 g/mol. The minimum Gasteiger partial charge on any atom is -0.353 e. The molecule has 0 bridgehead atoms. The van der Waals surface area contributed by atoms with Crippen LogP contribution < -0.4 is 5.32 Å². The smallest absolute Gasteiger partial charge is 0.193 e. The Morgan fingerprint density at radius 3 is 2.62 bits per heavy atom. The van der Waals surface area contributed by atoms with Crippen LogP contribution in [0.2, 0.25) is 0 Å². The van der Waals surface area contributed by atoms with Crippen molar-refractivity contribution in [1.29, 1.82) is 0 Å². The van der Waals surface area contributed by atoms with Crippen LogP contribution in [0.5, 0.6) is 0 Å². The number of hydrogen-bond donors (Lipinski definition) is 1. The minimum atomic E-state index is 0.470. The maximum Gasteiger partial charge on any atom is 0.193 e. The fourth-order valence-corrected chi connectivity index (χ4v) is 2.55. The van der Waals surface area contributed by atoms with Crippen LogP contribution in [0.1, 0.15) is 40.0 Å². The highest BCUT2D eigenvalue weighted by molar-refractivity contribution is 5.80. The first-order valence-electron chi connectivity index (χ1n) is 6.51. The highest BCUT2D eigenvalue weighted by Gasteiger charge is 2.46. The lowest BCUT2D eigenvalue weighted by molar-refractivity contribution is 0.265. The Labute approximate surface area is 99.3 Å².